The fraction of sp³-hybridized carbons (Fsp3) is 0.360. The zero-order valence-electron chi connectivity index (χ0n) is 18.2. The van der Waals surface area contributed by atoms with Gasteiger partial charge in [0.25, 0.3) is 0 Å². The molecule has 4 aromatic rings. The molecule has 5 heterocycles. The Kier molecular flexibility index (Phi) is 4.95. The molecule has 3 aromatic heterocycles. The minimum atomic E-state index is -0.101. The van der Waals surface area contributed by atoms with E-state index in [2.05, 4.69) is 26.2 Å². The van der Waals surface area contributed by atoms with Crippen LogP contribution in [-0.2, 0) is 16.0 Å². The first kappa shape index (κ1) is 20.1. The van der Waals surface area contributed by atoms with Crippen molar-refractivity contribution >= 4 is 16.8 Å². The Morgan fingerprint density at radius 1 is 1.12 bits per heavy atom. The van der Waals surface area contributed by atoms with E-state index in [1.54, 1.807) is 12.4 Å². The maximum absolute atomic E-state index is 13.4. The number of nitrogens with zero attached hydrogens (tertiary/aromatic N) is 4. The lowest BCUT2D eigenvalue weighted by Gasteiger charge is -2.36. The van der Waals surface area contributed by atoms with Crippen molar-refractivity contribution < 1.29 is 13.9 Å². The van der Waals surface area contributed by atoms with Crippen LogP contribution in [0.1, 0.15) is 30.2 Å². The summed E-state index contributed by atoms with van der Waals surface area (Å²) in [4.78, 5) is 22.7. The molecule has 168 valence electrons. The maximum Gasteiger partial charge on any atom is 0.247 e. The zero-order valence-corrected chi connectivity index (χ0v) is 18.2. The number of amides is 1. The van der Waals surface area contributed by atoms with Gasteiger partial charge in [0.15, 0.2) is 0 Å². The van der Waals surface area contributed by atoms with Crippen LogP contribution in [0.25, 0.3) is 22.4 Å². The monoisotopic (exact) mass is 443 g/mol. The Morgan fingerprint density at radius 2 is 1.94 bits per heavy atom. The molecule has 0 saturated carbocycles. The number of benzene rings is 1. The van der Waals surface area contributed by atoms with Crippen molar-refractivity contribution in [3.63, 3.8) is 0 Å². The van der Waals surface area contributed by atoms with E-state index in [1.807, 2.05) is 41.4 Å². The molecule has 1 atom stereocenters. The van der Waals surface area contributed by atoms with Crippen LogP contribution in [0.15, 0.2) is 59.4 Å². The molecule has 8 heteroatoms. The number of pyridine rings is 1. The Morgan fingerprint density at radius 3 is 2.79 bits per heavy atom. The van der Waals surface area contributed by atoms with E-state index in [0.29, 0.717) is 44.5 Å². The van der Waals surface area contributed by atoms with Gasteiger partial charge < -0.3 is 19.0 Å². The summed E-state index contributed by atoms with van der Waals surface area (Å²) in [5.74, 6) is 1.21. The minimum absolute atomic E-state index is 0.00333. The summed E-state index contributed by atoms with van der Waals surface area (Å²) in [6, 6.07) is 11.8. The lowest BCUT2D eigenvalue weighted by molar-refractivity contribution is -0.130. The number of fused-ring (bicyclic) bond motifs is 1. The number of nitrogens with one attached hydrogen (secondary N) is 1. The third-order valence-electron chi connectivity index (χ3n) is 7.17. The summed E-state index contributed by atoms with van der Waals surface area (Å²) in [7, 11) is 0. The molecule has 6 rings (SSSR count). The van der Waals surface area contributed by atoms with Gasteiger partial charge in [-0.15, -0.1) is 10.2 Å². The molecule has 1 amide bonds. The van der Waals surface area contributed by atoms with Crippen molar-refractivity contribution in [3.8, 4) is 11.5 Å². The first-order valence-electron chi connectivity index (χ1n) is 11.4. The summed E-state index contributed by atoms with van der Waals surface area (Å²) in [6.07, 6.45) is 7.48. The van der Waals surface area contributed by atoms with Crippen LogP contribution in [-0.4, -0.2) is 57.3 Å². The predicted octanol–water partition coefficient (Wildman–Crippen LogP) is 3.58. The van der Waals surface area contributed by atoms with Crippen molar-refractivity contribution in [1.29, 1.82) is 0 Å². The number of hydrogen-bond donors (Lipinski definition) is 1. The molecule has 33 heavy (non-hydrogen) atoms. The Hall–Kier alpha value is -3.52. The molecule has 0 radical (unpaired) electrons. The van der Waals surface area contributed by atoms with E-state index in [9.17, 15) is 4.79 Å². The average Bonchev–Trinajstić information content (AvgIpc) is 3.58. The van der Waals surface area contributed by atoms with Gasteiger partial charge in [-0.25, -0.2) is 0 Å². The normalized spacial score (nSPS) is 20.0. The molecule has 8 nitrogen and oxygen atoms in total. The number of carbonyl (C=O) groups is 1. The van der Waals surface area contributed by atoms with Crippen LogP contribution in [0.5, 0.6) is 0 Å². The summed E-state index contributed by atoms with van der Waals surface area (Å²) in [5, 5.41) is 9.80. The molecule has 2 aliphatic rings. The summed E-state index contributed by atoms with van der Waals surface area (Å²) in [6.45, 7) is 2.65. The highest BCUT2D eigenvalue weighted by Crippen LogP contribution is 2.49. The molecule has 2 fully saturated rings. The number of carbonyl (C=O) groups excluding carboxylic acids is 1. The van der Waals surface area contributed by atoms with Gasteiger partial charge in [-0.1, -0.05) is 18.2 Å². The number of H-pyrrole nitrogens is 1. The molecule has 2 saturated heterocycles. The third kappa shape index (κ3) is 3.60. The summed E-state index contributed by atoms with van der Waals surface area (Å²) in [5.41, 5.74) is 2.82. The van der Waals surface area contributed by atoms with Crippen molar-refractivity contribution in [1.82, 2.24) is 25.1 Å². The van der Waals surface area contributed by atoms with Gasteiger partial charge in [0.2, 0.25) is 17.7 Å². The minimum Gasteiger partial charge on any atom is -0.420 e. The maximum atomic E-state index is 13.4. The fourth-order valence-electron chi connectivity index (χ4n) is 5.32. The average molecular weight is 444 g/mol. The lowest BCUT2D eigenvalue weighted by atomic mass is 9.72. The number of aromatic nitrogens is 4. The van der Waals surface area contributed by atoms with Gasteiger partial charge in [-0.3, -0.25) is 9.78 Å². The number of para-hydroxylation sites is 1. The molecule has 1 N–H and O–H groups in total. The van der Waals surface area contributed by atoms with E-state index < -0.39 is 0 Å². The highest BCUT2D eigenvalue weighted by atomic mass is 16.5. The van der Waals surface area contributed by atoms with Gasteiger partial charge in [-0.05, 0) is 36.6 Å². The summed E-state index contributed by atoms with van der Waals surface area (Å²) < 4.78 is 11.8. The Bertz CT molecular complexity index is 1280. The van der Waals surface area contributed by atoms with Crippen molar-refractivity contribution in [2.75, 3.05) is 26.3 Å². The molecule has 1 spiro atoms. The standard InChI is InChI=1S/C25H25N5O3/c31-22(13-18-14-27-21-4-2-1-3-19(18)21)30-15-20(25(16-30)7-11-32-12-8-25)24-29-28-23(33-24)17-5-9-26-10-6-17/h1-6,9-10,14,20,27H,7-8,11-13,15-16H2. The van der Waals surface area contributed by atoms with Gasteiger partial charge >= 0.3 is 0 Å². The molecule has 1 aromatic carbocycles. The summed E-state index contributed by atoms with van der Waals surface area (Å²) >= 11 is 0. The van der Waals surface area contributed by atoms with E-state index in [1.165, 1.54) is 0 Å². The highest BCUT2D eigenvalue weighted by molar-refractivity contribution is 5.89. The Labute approximate surface area is 191 Å². The Balaban J connectivity index is 1.27. The fourth-order valence-corrected chi connectivity index (χ4v) is 5.32. The number of hydrogen-bond acceptors (Lipinski definition) is 6. The predicted molar refractivity (Wildman–Crippen MR) is 121 cm³/mol. The van der Waals surface area contributed by atoms with Gasteiger partial charge in [0, 0.05) is 66.8 Å². The van der Waals surface area contributed by atoms with Crippen molar-refractivity contribution in [2.24, 2.45) is 5.41 Å². The zero-order chi connectivity index (χ0) is 22.3. The third-order valence-corrected chi connectivity index (χ3v) is 7.17. The smallest absolute Gasteiger partial charge is 0.247 e. The number of aromatic amines is 1. The number of likely N-dealkylation sites (tertiary alicyclic amines) is 1. The highest BCUT2D eigenvalue weighted by Gasteiger charge is 2.51. The second-order valence-electron chi connectivity index (χ2n) is 9.02. The lowest BCUT2D eigenvalue weighted by Crippen LogP contribution is -2.37. The second-order valence-corrected chi connectivity index (χ2v) is 9.02. The molecule has 0 bridgehead atoms. The van der Waals surface area contributed by atoms with E-state index >= 15 is 0 Å². The molecule has 0 aliphatic carbocycles. The SMILES string of the molecule is O=C(Cc1c[nH]c2ccccc12)N1CC(c2nnc(-c3ccncc3)o2)C2(CCOCC2)C1. The van der Waals surface area contributed by atoms with Crippen molar-refractivity contribution in [3.05, 3.63) is 66.4 Å². The van der Waals surface area contributed by atoms with E-state index in [0.717, 1.165) is 34.9 Å². The van der Waals surface area contributed by atoms with Gasteiger partial charge in [0.05, 0.1) is 12.3 Å². The second kappa shape index (κ2) is 8.12. The van der Waals surface area contributed by atoms with Gasteiger partial charge in [0.1, 0.15) is 0 Å². The number of ether oxygens (including phenoxy) is 1. The van der Waals surface area contributed by atoms with Crippen LogP contribution < -0.4 is 0 Å². The van der Waals surface area contributed by atoms with Crippen LogP contribution in [0.4, 0.5) is 0 Å². The van der Waals surface area contributed by atoms with E-state index in [-0.39, 0.29) is 17.2 Å². The number of rotatable bonds is 4. The largest absolute Gasteiger partial charge is 0.420 e. The van der Waals surface area contributed by atoms with Crippen LogP contribution in [0.2, 0.25) is 0 Å². The molecular formula is C25H25N5O3. The van der Waals surface area contributed by atoms with Gasteiger partial charge in [-0.2, -0.15) is 0 Å². The first-order valence-corrected chi connectivity index (χ1v) is 11.4. The molecule has 2 aliphatic heterocycles. The topological polar surface area (TPSA) is 97.1 Å². The quantitative estimate of drug-likeness (QED) is 0.518. The molecular weight excluding hydrogens is 418 g/mol. The van der Waals surface area contributed by atoms with Crippen molar-refractivity contribution in [2.45, 2.75) is 25.2 Å². The molecule has 1 unspecified atom stereocenters. The van der Waals surface area contributed by atoms with Crippen LogP contribution >= 0.6 is 0 Å². The first-order chi connectivity index (χ1) is 16.2. The van der Waals surface area contributed by atoms with E-state index in [4.69, 9.17) is 9.15 Å². The van der Waals surface area contributed by atoms with Crippen LogP contribution in [0.3, 0.4) is 0 Å². The van der Waals surface area contributed by atoms with Crippen LogP contribution in [0, 0.1) is 5.41 Å².